The fourth-order valence-corrected chi connectivity index (χ4v) is 4.33. The number of piperidine rings is 1. The van der Waals surface area contributed by atoms with Crippen molar-refractivity contribution in [3.63, 3.8) is 0 Å². The number of nitrogens with zero attached hydrogens (tertiary/aromatic N) is 2. The predicted molar refractivity (Wildman–Crippen MR) is 109 cm³/mol. The van der Waals surface area contributed by atoms with Crippen LogP contribution in [0.3, 0.4) is 0 Å². The molecule has 4 heteroatoms. The van der Waals surface area contributed by atoms with E-state index in [-0.39, 0.29) is 11.9 Å². The maximum atomic E-state index is 13.1. The van der Waals surface area contributed by atoms with E-state index in [0.29, 0.717) is 5.92 Å². The van der Waals surface area contributed by atoms with Crippen LogP contribution < -0.4 is 9.64 Å². The van der Waals surface area contributed by atoms with E-state index < -0.39 is 0 Å². The van der Waals surface area contributed by atoms with E-state index in [1.54, 1.807) is 13.2 Å². The minimum absolute atomic E-state index is 0.0629. The first-order valence-electron chi connectivity index (χ1n) is 9.51. The minimum Gasteiger partial charge on any atom is -0.497 e. The Kier molecular flexibility index (Phi) is 4.75. The smallest absolute Gasteiger partial charge is 0.251 e. The van der Waals surface area contributed by atoms with Gasteiger partial charge in [-0.05, 0) is 62.3 Å². The van der Waals surface area contributed by atoms with Gasteiger partial charge < -0.3 is 14.5 Å². The number of carbonyl (C=O) groups is 1. The van der Waals surface area contributed by atoms with Crippen LogP contribution in [0.1, 0.15) is 29.0 Å². The van der Waals surface area contributed by atoms with E-state index in [9.17, 15) is 4.79 Å². The van der Waals surface area contributed by atoms with Gasteiger partial charge in [-0.15, -0.1) is 0 Å². The molecule has 1 saturated heterocycles. The van der Waals surface area contributed by atoms with Crippen LogP contribution in [0, 0.1) is 6.92 Å². The van der Waals surface area contributed by atoms with Crippen molar-refractivity contribution < 1.29 is 9.53 Å². The maximum absolute atomic E-state index is 13.1. The Morgan fingerprint density at radius 2 is 1.96 bits per heavy atom. The standard InChI is InChI=1S/C23H26N2O2/c1-16-4-10-21-19(14-16)20-15-24(2)13-12-22(20)25(21)23(26)11-7-17-5-8-18(27-3)9-6-17/h4-11,14,20,22H,12-13,15H2,1-3H3/b11-7+/t20-,22-/m0/s1. The quantitative estimate of drug-likeness (QED) is 0.778. The summed E-state index contributed by atoms with van der Waals surface area (Å²) in [4.78, 5) is 17.5. The summed E-state index contributed by atoms with van der Waals surface area (Å²) in [5.74, 6) is 1.28. The molecule has 0 aromatic heterocycles. The lowest BCUT2D eigenvalue weighted by Gasteiger charge is -2.36. The van der Waals surface area contributed by atoms with Crippen LogP contribution in [-0.4, -0.2) is 44.1 Å². The van der Waals surface area contributed by atoms with E-state index in [4.69, 9.17) is 4.74 Å². The monoisotopic (exact) mass is 362 g/mol. The van der Waals surface area contributed by atoms with Crippen molar-refractivity contribution in [2.45, 2.75) is 25.3 Å². The Labute approximate surface area is 161 Å². The Hall–Kier alpha value is -2.59. The zero-order chi connectivity index (χ0) is 19.0. The van der Waals surface area contributed by atoms with Crippen molar-refractivity contribution in [1.29, 1.82) is 0 Å². The lowest BCUT2D eigenvalue weighted by atomic mass is 9.89. The number of ether oxygens (including phenoxy) is 1. The van der Waals surface area contributed by atoms with Crippen molar-refractivity contribution in [3.8, 4) is 5.75 Å². The number of fused-ring (bicyclic) bond motifs is 3. The van der Waals surface area contributed by atoms with E-state index in [0.717, 1.165) is 36.5 Å². The highest BCUT2D eigenvalue weighted by Crippen LogP contribution is 2.45. The van der Waals surface area contributed by atoms with Gasteiger partial charge in [0.05, 0.1) is 7.11 Å². The topological polar surface area (TPSA) is 32.8 Å². The van der Waals surface area contributed by atoms with Crippen molar-refractivity contribution in [3.05, 3.63) is 65.2 Å². The van der Waals surface area contributed by atoms with Crippen molar-refractivity contribution in [2.75, 3.05) is 32.1 Å². The number of hydrogen-bond donors (Lipinski definition) is 0. The van der Waals surface area contributed by atoms with Gasteiger partial charge in [0.2, 0.25) is 0 Å². The fraction of sp³-hybridized carbons (Fsp3) is 0.348. The third kappa shape index (κ3) is 3.37. The summed E-state index contributed by atoms with van der Waals surface area (Å²) in [6.07, 6.45) is 4.60. The number of rotatable bonds is 3. The third-order valence-corrected chi connectivity index (χ3v) is 5.72. The number of aryl methyl sites for hydroxylation is 1. The lowest BCUT2D eigenvalue weighted by molar-refractivity contribution is -0.114. The molecule has 0 radical (unpaired) electrons. The molecule has 0 aliphatic carbocycles. The van der Waals surface area contributed by atoms with Crippen LogP contribution in [0.4, 0.5) is 5.69 Å². The zero-order valence-electron chi connectivity index (χ0n) is 16.2. The largest absolute Gasteiger partial charge is 0.497 e. The van der Waals surface area contributed by atoms with Crippen LogP contribution >= 0.6 is 0 Å². The van der Waals surface area contributed by atoms with Gasteiger partial charge in [0.15, 0.2) is 0 Å². The highest BCUT2D eigenvalue weighted by molar-refractivity contribution is 6.06. The molecule has 1 fully saturated rings. The van der Waals surface area contributed by atoms with Gasteiger partial charge in [-0.2, -0.15) is 0 Å². The molecule has 2 aromatic carbocycles. The molecule has 2 heterocycles. The number of amides is 1. The molecule has 0 spiro atoms. The van der Waals surface area contributed by atoms with Crippen molar-refractivity contribution in [2.24, 2.45) is 0 Å². The molecule has 1 amide bonds. The molecule has 27 heavy (non-hydrogen) atoms. The molecule has 4 rings (SSSR count). The number of benzene rings is 2. The number of likely N-dealkylation sites (tertiary alicyclic amines) is 1. The molecule has 2 aliphatic rings. The summed E-state index contributed by atoms with van der Waals surface area (Å²) in [6.45, 7) is 4.16. The minimum atomic E-state index is 0.0629. The van der Waals surface area contributed by atoms with Crippen LogP contribution in [-0.2, 0) is 4.79 Å². The van der Waals surface area contributed by atoms with E-state index in [1.807, 2.05) is 35.2 Å². The van der Waals surface area contributed by atoms with Crippen LogP contribution in [0.15, 0.2) is 48.5 Å². The molecular weight excluding hydrogens is 336 g/mol. The Balaban J connectivity index is 1.61. The van der Waals surface area contributed by atoms with Gasteiger partial charge >= 0.3 is 0 Å². The summed E-state index contributed by atoms with van der Waals surface area (Å²) < 4.78 is 5.19. The van der Waals surface area contributed by atoms with Gasteiger partial charge in [-0.25, -0.2) is 0 Å². The van der Waals surface area contributed by atoms with Gasteiger partial charge in [-0.3, -0.25) is 4.79 Å². The fourth-order valence-electron chi connectivity index (χ4n) is 4.33. The SMILES string of the molecule is COc1ccc(/C=C/C(=O)N2c3ccc(C)cc3[C@@H]3CN(C)CC[C@@H]32)cc1. The molecular formula is C23H26N2O2. The average molecular weight is 362 g/mol. The second-order valence-corrected chi connectivity index (χ2v) is 7.60. The summed E-state index contributed by atoms with van der Waals surface area (Å²) in [5, 5.41) is 0. The summed E-state index contributed by atoms with van der Waals surface area (Å²) in [5.41, 5.74) is 4.64. The second-order valence-electron chi connectivity index (χ2n) is 7.60. The molecule has 0 N–H and O–H groups in total. The summed E-state index contributed by atoms with van der Waals surface area (Å²) in [7, 11) is 3.82. The van der Waals surface area contributed by atoms with Crippen LogP contribution in [0.2, 0.25) is 0 Å². The third-order valence-electron chi connectivity index (χ3n) is 5.72. The molecule has 2 atom stereocenters. The van der Waals surface area contributed by atoms with Gasteiger partial charge in [0, 0.05) is 30.3 Å². The second kappa shape index (κ2) is 7.20. The first kappa shape index (κ1) is 17.8. The zero-order valence-corrected chi connectivity index (χ0v) is 16.2. The maximum Gasteiger partial charge on any atom is 0.251 e. The first-order chi connectivity index (χ1) is 13.1. The molecule has 2 aliphatic heterocycles. The Bertz CT molecular complexity index is 872. The van der Waals surface area contributed by atoms with Gasteiger partial charge in [-0.1, -0.05) is 29.8 Å². The highest BCUT2D eigenvalue weighted by atomic mass is 16.5. The average Bonchev–Trinajstić information content (AvgIpc) is 2.99. The van der Waals surface area contributed by atoms with E-state index >= 15 is 0 Å². The number of methoxy groups -OCH3 is 1. The number of carbonyl (C=O) groups excluding carboxylic acids is 1. The summed E-state index contributed by atoms with van der Waals surface area (Å²) >= 11 is 0. The highest BCUT2D eigenvalue weighted by Gasteiger charge is 2.43. The van der Waals surface area contributed by atoms with Gasteiger partial charge in [0.1, 0.15) is 5.75 Å². The number of likely N-dealkylation sites (N-methyl/N-ethyl adjacent to an activating group) is 1. The van der Waals surface area contributed by atoms with E-state index in [2.05, 4.69) is 37.1 Å². The van der Waals surface area contributed by atoms with Crippen LogP contribution in [0.5, 0.6) is 5.75 Å². The lowest BCUT2D eigenvalue weighted by Crippen LogP contribution is -2.46. The predicted octanol–water partition coefficient (Wildman–Crippen LogP) is 3.85. The number of anilines is 1. The molecule has 4 nitrogen and oxygen atoms in total. The van der Waals surface area contributed by atoms with Gasteiger partial charge in [0.25, 0.3) is 5.91 Å². The molecule has 0 unspecified atom stereocenters. The first-order valence-corrected chi connectivity index (χ1v) is 9.51. The molecule has 2 aromatic rings. The summed E-state index contributed by atoms with van der Waals surface area (Å²) in [6, 6.07) is 14.5. The van der Waals surface area contributed by atoms with E-state index in [1.165, 1.54) is 11.1 Å². The Morgan fingerprint density at radius 1 is 1.19 bits per heavy atom. The Morgan fingerprint density at radius 3 is 2.70 bits per heavy atom. The van der Waals surface area contributed by atoms with Crippen molar-refractivity contribution in [1.82, 2.24) is 4.90 Å². The molecule has 140 valence electrons. The number of hydrogen-bond acceptors (Lipinski definition) is 3. The molecule has 0 bridgehead atoms. The normalized spacial score (nSPS) is 22.0. The van der Waals surface area contributed by atoms with Crippen molar-refractivity contribution >= 4 is 17.7 Å². The molecule has 0 saturated carbocycles. The van der Waals surface area contributed by atoms with Crippen LogP contribution in [0.25, 0.3) is 6.08 Å².